The van der Waals surface area contributed by atoms with Crippen LogP contribution in [0.25, 0.3) is 0 Å². The van der Waals surface area contributed by atoms with Gasteiger partial charge in [-0.05, 0) is 25.0 Å². The van der Waals surface area contributed by atoms with Crippen LogP contribution in [-0.2, 0) is 16.0 Å². The fourth-order valence-corrected chi connectivity index (χ4v) is 2.52. The number of amides is 2. The van der Waals surface area contributed by atoms with Crippen LogP contribution >= 0.6 is 11.6 Å². The molecule has 1 heterocycles. The Morgan fingerprint density at radius 2 is 2.00 bits per heavy atom. The molecule has 0 aliphatic carbocycles. The molecule has 1 saturated heterocycles. The van der Waals surface area contributed by atoms with E-state index in [-0.39, 0.29) is 11.8 Å². The van der Waals surface area contributed by atoms with Gasteiger partial charge in [-0.2, -0.15) is 0 Å². The third-order valence-corrected chi connectivity index (χ3v) is 3.94. The largest absolute Gasteiger partial charge is 0.343 e. The SMILES string of the molecule is C/C(=C\Cl)CN1C(=O)C(C)NC(=O)C1Cc1ccccc1. The Hall–Kier alpha value is -1.81. The first-order chi connectivity index (χ1) is 10.0. The molecule has 2 atom stereocenters. The number of halogens is 1. The van der Waals surface area contributed by atoms with E-state index in [0.29, 0.717) is 13.0 Å². The molecule has 2 rings (SSSR count). The van der Waals surface area contributed by atoms with Crippen LogP contribution in [0.2, 0.25) is 0 Å². The van der Waals surface area contributed by atoms with Gasteiger partial charge in [0.2, 0.25) is 11.8 Å². The first kappa shape index (κ1) is 15.6. The number of carbonyl (C=O) groups excluding carboxylic acids is 2. The fourth-order valence-electron chi connectivity index (χ4n) is 2.45. The number of rotatable bonds is 4. The summed E-state index contributed by atoms with van der Waals surface area (Å²) in [6, 6.07) is 8.70. The predicted octanol–water partition coefficient (Wildman–Crippen LogP) is 2.09. The fraction of sp³-hybridized carbons (Fsp3) is 0.375. The Kier molecular flexibility index (Phi) is 5.02. The quantitative estimate of drug-likeness (QED) is 0.926. The van der Waals surface area contributed by atoms with Crippen molar-refractivity contribution in [2.45, 2.75) is 32.4 Å². The maximum absolute atomic E-state index is 12.4. The van der Waals surface area contributed by atoms with E-state index in [4.69, 9.17) is 11.6 Å². The second kappa shape index (κ2) is 6.76. The zero-order valence-corrected chi connectivity index (χ0v) is 12.9. The summed E-state index contributed by atoms with van der Waals surface area (Å²) in [5, 5.41) is 2.74. The number of piperazine rings is 1. The minimum Gasteiger partial charge on any atom is -0.343 e. The Balaban J connectivity index is 2.24. The molecule has 0 bridgehead atoms. The van der Waals surface area contributed by atoms with Crippen LogP contribution in [0.3, 0.4) is 0 Å². The first-order valence-corrected chi connectivity index (χ1v) is 7.37. The highest BCUT2D eigenvalue weighted by Gasteiger charge is 2.38. The lowest BCUT2D eigenvalue weighted by Gasteiger charge is -2.38. The van der Waals surface area contributed by atoms with Crippen molar-refractivity contribution < 1.29 is 9.59 Å². The van der Waals surface area contributed by atoms with Gasteiger partial charge in [-0.3, -0.25) is 9.59 Å². The number of hydrogen-bond acceptors (Lipinski definition) is 2. The van der Waals surface area contributed by atoms with Gasteiger partial charge in [-0.1, -0.05) is 41.9 Å². The van der Waals surface area contributed by atoms with Gasteiger partial charge >= 0.3 is 0 Å². The summed E-state index contributed by atoms with van der Waals surface area (Å²) in [4.78, 5) is 26.3. The normalized spacial score (nSPS) is 23.2. The monoisotopic (exact) mass is 306 g/mol. The molecule has 1 aliphatic rings. The van der Waals surface area contributed by atoms with Crippen molar-refractivity contribution in [3.8, 4) is 0 Å². The van der Waals surface area contributed by atoms with E-state index in [1.807, 2.05) is 37.3 Å². The van der Waals surface area contributed by atoms with Crippen LogP contribution in [0.4, 0.5) is 0 Å². The summed E-state index contributed by atoms with van der Waals surface area (Å²) in [5.41, 5.74) is 3.33. The summed E-state index contributed by atoms with van der Waals surface area (Å²) in [6.45, 7) is 3.92. The Bertz CT molecular complexity index is 557. The van der Waals surface area contributed by atoms with Crippen LogP contribution in [-0.4, -0.2) is 35.3 Å². The van der Waals surface area contributed by atoms with Crippen LogP contribution in [0.15, 0.2) is 41.4 Å². The van der Waals surface area contributed by atoms with E-state index in [2.05, 4.69) is 5.32 Å². The highest BCUT2D eigenvalue weighted by atomic mass is 35.5. The van der Waals surface area contributed by atoms with Gasteiger partial charge < -0.3 is 10.2 Å². The molecule has 1 N–H and O–H groups in total. The topological polar surface area (TPSA) is 49.4 Å². The predicted molar refractivity (Wildman–Crippen MR) is 82.9 cm³/mol. The Morgan fingerprint density at radius 1 is 1.33 bits per heavy atom. The highest BCUT2D eigenvalue weighted by Crippen LogP contribution is 2.17. The van der Waals surface area contributed by atoms with Gasteiger partial charge in [0, 0.05) is 18.5 Å². The molecule has 21 heavy (non-hydrogen) atoms. The lowest BCUT2D eigenvalue weighted by molar-refractivity contribution is -0.148. The minimum atomic E-state index is -0.498. The van der Waals surface area contributed by atoms with Gasteiger partial charge in [0.25, 0.3) is 0 Å². The molecule has 1 aliphatic heterocycles. The zero-order chi connectivity index (χ0) is 15.4. The van der Waals surface area contributed by atoms with Crippen LogP contribution in [0, 0.1) is 0 Å². The molecule has 0 spiro atoms. The zero-order valence-electron chi connectivity index (χ0n) is 12.2. The first-order valence-electron chi connectivity index (χ1n) is 6.93. The van der Waals surface area contributed by atoms with Gasteiger partial charge in [0.15, 0.2) is 0 Å². The average Bonchev–Trinajstić information content (AvgIpc) is 2.49. The maximum atomic E-state index is 12.4. The van der Waals surface area contributed by atoms with Gasteiger partial charge in [-0.15, -0.1) is 0 Å². The molecule has 5 heteroatoms. The molecule has 1 aromatic carbocycles. The number of benzene rings is 1. The van der Waals surface area contributed by atoms with E-state index in [1.165, 1.54) is 5.54 Å². The van der Waals surface area contributed by atoms with E-state index >= 15 is 0 Å². The molecular formula is C16H19ClN2O2. The number of carbonyl (C=O) groups is 2. The van der Waals surface area contributed by atoms with Crippen molar-refractivity contribution >= 4 is 23.4 Å². The second-order valence-electron chi connectivity index (χ2n) is 5.36. The van der Waals surface area contributed by atoms with E-state index < -0.39 is 12.1 Å². The summed E-state index contributed by atoms with van der Waals surface area (Å²) in [7, 11) is 0. The Morgan fingerprint density at radius 3 is 2.62 bits per heavy atom. The van der Waals surface area contributed by atoms with E-state index in [1.54, 1.807) is 11.8 Å². The van der Waals surface area contributed by atoms with Crippen molar-refractivity contribution in [2.24, 2.45) is 0 Å². The van der Waals surface area contributed by atoms with Gasteiger partial charge in [-0.25, -0.2) is 0 Å². The molecule has 0 radical (unpaired) electrons. The molecule has 4 nitrogen and oxygen atoms in total. The number of nitrogens with zero attached hydrogens (tertiary/aromatic N) is 1. The average molecular weight is 307 g/mol. The summed E-state index contributed by atoms with van der Waals surface area (Å²) < 4.78 is 0. The molecule has 0 aromatic heterocycles. The molecule has 2 unspecified atom stereocenters. The molecule has 1 fully saturated rings. The van der Waals surface area contributed by atoms with Crippen LogP contribution < -0.4 is 5.32 Å². The molecule has 112 valence electrons. The Labute approximate surface area is 129 Å². The second-order valence-corrected chi connectivity index (χ2v) is 5.58. The van der Waals surface area contributed by atoms with Crippen molar-refractivity contribution in [1.82, 2.24) is 10.2 Å². The lowest BCUT2D eigenvalue weighted by Crippen LogP contribution is -2.63. The van der Waals surface area contributed by atoms with E-state index in [0.717, 1.165) is 11.1 Å². The van der Waals surface area contributed by atoms with Crippen LogP contribution in [0.1, 0.15) is 19.4 Å². The van der Waals surface area contributed by atoms with Gasteiger partial charge in [0.1, 0.15) is 12.1 Å². The van der Waals surface area contributed by atoms with Crippen molar-refractivity contribution in [3.05, 3.63) is 47.0 Å². The number of hydrogen-bond donors (Lipinski definition) is 1. The summed E-state index contributed by atoms with van der Waals surface area (Å²) in [6.07, 6.45) is 0.501. The minimum absolute atomic E-state index is 0.0756. The van der Waals surface area contributed by atoms with Gasteiger partial charge in [0.05, 0.1) is 0 Å². The number of nitrogens with one attached hydrogen (secondary N) is 1. The summed E-state index contributed by atoms with van der Waals surface area (Å²) >= 11 is 5.70. The van der Waals surface area contributed by atoms with E-state index in [9.17, 15) is 9.59 Å². The summed E-state index contributed by atoms with van der Waals surface area (Å²) in [5.74, 6) is -0.193. The molecule has 0 saturated carbocycles. The van der Waals surface area contributed by atoms with Crippen LogP contribution in [0.5, 0.6) is 0 Å². The standard InChI is InChI=1S/C16H19ClN2O2/c1-11(9-17)10-19-14(8-13-6-4-3-5-7-13)15(20)18-12(2)16(19)21/h3-7,9,12,14H,8,10H2,1-2H3,(H,18,20)/b11-9+. The van der Waals surface area contributed by atoms with Crippen molar-refractivity contribution in [2.75, 3.05) is 6.54 Å². The molecule has 2 amide bonds. The third kappa shape index (κ3) is 3.64. The van der Waals surface area contributed by atoms with Crippen molar-refractivity contribution in [3.63, 3.8) is 0 Å². The molecule has 1 aromatic rings. The highest BCUT2D eigenvalue weighted by molar-refractivity contribution is 6.25. The smallest absolute Gasteiger partial charge is 0.245 e. The third-order valence-electron chi connectivity index (χ3n) is 3.57. The maximum Gasteiger partial charge on any atom is 0.245 e. The lowest BCUT2D eigenvalue weighted by atomic mass is 9.99. The van der Waals surface area contributed by atoms with Crippen molar-refractivity contribution in [1.29, 1.82) is 0 Å². The molecular weight excluding hydrogens is 288 g/mol.